The van der Waals surface area contributed by atoms with Gasteiger partial charge in [-0.1, -0.05) is 51.8 Å². The van der Waals surface area contributed by atoms with Gasteiger partial charge in [-0.25, -0.2) is 0 Å². The molecular weight excluding hydrogens is 278 g/mol. The van der Waals surface area contributed by atoms with Crippen molar-refractivity contribution in [1.82, 2.24) is 10.6 Å². The van der Waals surface area contributed by atoms with Gasteiger partial charge in [-0.3, -0.25) is 5.41 Å². The summed E-state index contributed by atoms with van der Waals surface area (Å²) in [6.07, 6.45) is 8.27. The van der Waals surface area contributed by atoms with Crippen LogP contribution in [0.5, 0.6) is 0 Å². The zero-order valence-corrected chi connectivity index (χ0v) is 14.6. The Kier molecular flexibility index (Phi) is 11.9. The van der Waals surface area contributed by atoms with Crippen LogP contribution in [0.25, 0.3) is 0 Å². The molecule has 21 heavy (non-hydrogen) atoms. The Labute approximate surface area is 134 Å². The van der Waals surface area contributed by atoms with Gasteiger partial charge in [-0.05, 0) is 43.2 Å². The molecule has 0 bridgehead atoms. The molecule has 0 aliphatic carbocycles. The summed E-state index contributed by atoms with van der Waals surface area (Å²) in [7, 11) is 0. The summed E-state index contributed by atoms with van der Waals surface area (Å²) in [6, 6.07) is 0.415. The van der Waals surface area contributed by atoms with Crippen molar-refractivity contribution in [2.45, 2.75) is 52.5 Å². The highest BCUT2D eigenvalue weighted by Crippen LogP contribution is 2.15. The first-order valence-electron chi connectivity index (χ1n) is 7.77. The van der Waals surface area contributed by atoms with Crippen molar-refractivity contribution in [3.8, 4) is 0 Å². The maximum absolute atomic E-state index is 8.00. The second-order valence-corrected chi connectivity index (χ2v) is 6.11. The van der Waals surface area contributed by atoms with Crippen molar-refractivity contribution in [2.75, 3.05) is 6.54 Å². The molecule has 0 aliphatic rings. The first-order valence-corrected chi connectivity index (χ1v) is 8.65. The summed E-state index contributed by atoms with van der Waals surface area (Å²) in [4.78, 5) is 0. The Bertz CT molecular complexity index is 346. The molecule has 0 aromatic heterocycles. The van der Waals surface area contributed by atoms with Gasteiger partial charge in [0, 0.05) is 12.6 Å². The third-order valence-electron chi connectivity index (χ3n) is 3.36. The molecule has 0 saturated heterocycles. The van der Waals surface area contributed by atoms with Gasteiger partial charge in [0.2, 0.25) is 0 Å². The number of thioether (sulfide) groups is 1. The molecule has 1 unspecified atom stereocenters. The molecule has 0 saturated carbocycles. The van der Waals surface area contributed by atoms with Crippen molar-refractivity contribution in [1.29, 1.82) is 5.41 Å². The Morgan fingerprint density at radius 2 is 2.00 bits per heavy atom. The second kappa shape index (κ2) is 12.6. The molecule has 4 heteroatoms. The van der Waals surface area contributed by atoms with Crippen LogP contribution in [0.3, 0.4) is 0 Å². The number of hydrogen-bond acceptors (Lipinski definition) is 4. The Morgan fingerprint density at radius 3 is 2.57 bits per heavy atom. The van der Waals surface area contributed by atoms with Gasteiger partial charge in [0.05, 0.1) is 5.70 Å². The molecule has 0 aromatic carbocycles. The number of nitrogens with one attached hydrogen (secondary N) is 3. The van der Waals surface area contributed by atoms with Crippen LogP contribution in [-0.2, 0) is 0 Å². The highest BCUT2D eigenvalue weighted by atomic mass is 32.2. The fourth-order valence-electron chi connectivity index (χ4n) is 1.84. The van der Waals surface area contributed by atoms with Gasteiger partial charge in [-0.2, -0.15) is 0 Å². The highest BCUT2D eigenvalue weighted by molar-refractivity contribution is 8.16. The summed E-state index contributed by atoms with van der Waals surface area (Å²) < 4.78 is 0. The number of allylic oxidation sites excluding steroid dienone is 1. The zero-order chi connectivity index (χ0) is 16.1. The lowest BCUT2D eigenvalue weighted by molar-refractivity contribution is 0.544. The molecule has 3 N–H and O–H groups in total. The van der Waals surface area contributed by atoms with Crippen molar-refractivity contribution in [3.63, 3.8) is 0 Å². The van der Waals surface area contributed by atoms with Crippen LogP contribution in [0.4, 0.5) is 0 Å². The van der Waals surface area contributed by atoms with Crippen LogP contribution < -0.4 is 10.6 Å². The van der Waals surface area contributed by atoms with Gasteiger partial charge in [0.15, 0.2) is 0 Å². The predicted molar refractivity (Wildman–Crippen MR) is 97.7 cm³/mol. The third-order valence-corrected chi connectivity index (χ3v) is 4.13. The number of rotatable bonds is 12. The van der Waals surface area contributed by atoms with Crippen LogP contribution in [0.1, 0.15) is 46.5 Å². The predicted octanol–water partition coefficient (Wildman–Crippen LogP) is 4.65. The van der Waals surface area contributed by atoms with Gasteiger partial charge < -0.3 is 10.6 Å². The van der Waals surface area contributed by atoms with E-state index >= 15 is 0 Å². The molecule has 0 fully saturated rings. The van der Waals surface area contributed by atoms with E-state index in [1.165, 1.54) is 11.8 Å². The molecule has 0 aromatic rings. The van der Waals surface area contributed by atoms with Crippen molar-refractivity contribution in [2.24, 2.45) is 5.92 Å². The van der Waals surface area contributed by atoms with E-state index in [1.807, 2.05) is 5.41 Å². The van der Waals surface area contributed by atoms with E-state index in [-0.39, 0.29) is 0 Å². The molecule has 120 valence electrons. The first kappa shape index (κ1) is 19.8. The van der Waals surface area contributed by atoms with Crippen LogP contribution in [0.15, 0.2) is 36.5 Å². The maximum atomic E-state index is 8.00. The minimum Gasteiger partial charge on any atom is -0.391 e. The molecule has 0 radical (unpaired) electrons. The molecule has 3 nitrogen and oxygen atoms in total. The Balaban J connectivity index is 3.96. The lowest BCUT2D eigenvalue weighted by atomic mass is 10.1. The molecule has 1 atom stereocenters. The fourth-order valence-corrected chi connectivity index (χ4v) is 2.53. The smallest absolute Gasteiger partial charge is 0.114 e. The van der Waals surface area contributed by atoms with E-state index in [0.29, 0.717) is 17.0 Å². The van der Waals surface area contributed by atoms with E-state index < -0.39 is 0 Å². The highest BCUT2D eigenvalue weighted by Gasteiger charge is 2.07. The number of hydrogen-bond donors (Lipinski definition) is 3. The van der Waals surface area contributed by atoms with Gasteiger partial charge in [0.1, 0.15) is 5.04 Å². The van der Waals surface area contributed by atoms with Crippen LogP contribution in [0.2, 0.25) is 0 Å². The summed E-state index contributed by atoms with van der Waals surface area (Å²) in [6.45, 7) is 15.0. The summed E-state index contributed by atoms with van der Waals surface area (Å²) >= 11 is 1.43. The van der Waals surface area contributed by atoms with Crippen LogP contribution in [0, 0.1) is 11.3 Å². The van der Waals surface area contributed by atoms with Crippen molar-refractivity contribution < 1.29 is 0 Å². The Hall–Kier alpha value is -1.16. The van der Waals surface area contributed by atoms with Crippen molar-refractivity contribution in [3.05, 3.63) is 36.5 Å². The van der Waals surface area contributed by atoms with E-state index in [2.05, 4.69) is 50.6 Å². The SMILES string of the molecule is C=CNCCCC(C)/C=C/SC(=N)C(=C)NC(CC)CC. The molecule has 0 heterocycles. The minimum atomic E-state index is 0.415. The zero-order valence-electron chi connectivity index (χ0n) is 13.7. The second-order valence-electron chi connectivity index (χ2n) is 5.19. The molecule has 0 spiro atoms. The summed E-state index contributed by atoms with van der Waals surface area (Å²) in [5, 5.41) is 16.9. The van der Waals surface area contributed by atoms with E-state index in [4.69, 9.17) is 5.41 Å². The average molecular weight is 310 g/mol. The van der Waals surface area contributed by atoms with E-state index in [0.717, 1.165) is 37.9 Å². The first-order chi connectivity index (χ1) is 10.0. The topological polar surface area (TPSA) is 47.9 Å². The normalized spacial score (nSPS) is 12.4. The van der Waals surface area contributed by atoms with Crippen LogP contribution in [-0.4, -0.2) is 17.6 Å². The fraction of sp³-hybridized carbons (Fsp3) is 0.588. The lowest BCUT2D eigenvalue weighted by Gasteiger charge is -2.17. The van der Waals surface area contributed by atoms with Gasteiger partial charge in [-0.15, -0.1) is 0 Å². The van der Waals surface area contributed by atoms with E-state index in [9.17, 15) is 0 Å². The lowest BCUT2D eigenvalue weighted by Crippen LogP contribution is -2.28. The minimum absolute atomic E-state index is 0.415. The largest absolute Gasteiger partial charge is 0.391 e. The van der Waals surface area contributed by atoms with Crippen molar-refractivity contribution >= 4 is 16.8 Å². The Morgan fingerprint density at radius 1 is 1.33 bits per heavy atom. The molecule has 0 amide bonds. The van der Waals surface area contributed by atoms with Crippen LogP contribution >= 0.6 is 11.8 Å². The monoisotopic (exact) mass is 309 g/mol. The maximum Gasteiger partial charge on any atom is 0.114 e. The molecule has 0 rings (SSSR count). The van der Waals surface area contributed by atoms with Gasteiger partial charge in [0.25, 0.3) is 0 Å². The standard InChI is InChI=1S/C17H31N3S/c1-6-16(7-2)20-15(5)17(18)21-13-11-14(4)10-9-12-19-8-3/h8,11,13-14,16,18-20H,3,5-7,9-10,12H2,1-2,4H3/b13-11+,18-17?. The average Bonchev–Trinajstić information content (AvgIpc) is 2.48. The van der Waals surface area contributed by atoms with E-state index in [1.54, 1.807) is 6.20 Å². The molecular formula is C17H31N3S. The summed E-state index contributed by atoms with van der Waals surface area (Å²) in [5.74, 6) is 0.525. The van der Waals surface area contributed by atoms with Gasteiger partial charge >= 0.3 is 0 Å². The third kappa shape index (κ3) is 10.2. The quantitative estimate of drug-likeness (QED) is 0.279. The summed E-state index contributed by atoms with van der Waals surface area (Å²) in [5.41, 5.74) is 0.723. The molecule has 0 aliphatic heterocycles.